The Kier molecular flexibility index (Phi) is 4.44. The maximum atomic E-state index is 12.5. The lowest BCUT2D eigenvalue weighted by Gasteiger charge is -2.17. The minimum Gasteiger partial charge on any atom is -0.378 e. The van der Waals surface area contributed by atoms with Crippen molar-refractivity contribution < 1.29 is 4.79 Å². The summed E-state index contributed by atoms with van der Waals surface area (Å²) in [4.78, 5) is 29.9. The lowest BCUT2D eigenvalue weighted by Crippen LogP contribution is -2.19. The zero-order valence-electron chi connectivity index (χ0n) is 15.6. The maximum absolute atomic E-state index is 12.5. The van der Waals surface area contributed by atoms with Crippen molar-refractivity contribution in [3.8, 4) is 0 Å². The van der Waals surface area contributed by atoms with Crippen LogP contribution >= 0.6 is 0 Å². The number of carbonyl (C=O) groups is 1. The number of rotatable bonds is 3. The van der Waals surface area contributed by atoms with Crippen LogP contribution in [0, 0.1) is 0 Å². The standard InChI is InChI=1S/C22H23N3O2/c1-25(2)16-10-7-14(8-11-16)21(26)23-15-9-12-18-17-5-3-4-6-19(17)22(27)24-20(18)13-15/h7-13H,3-6H2,1-2H3,(H,23,26)(H,24,27). The second-order valence-electron chi connectivity index (χ2n) is 7.27. The quantitative estimate of drug-likeness (QED) is 0.747. The SMILES string of the molecule is CN(C)c1ccc(C(=O)Nc2ccc3c4c(c(=O)[nH]c3c2)CCCC4)cc1. The molecule has 138 valence electrons. The molecule has 0 aliphatic heterocycles. The van der Waals surface area contributed by atoms with Gasteiger partial charge in [-0.15, -0.1) is 0 Å². The molecule has 4 rings (SSSR count). The van der Waals surface area contributed by atoms with E-state index in [4.69, 9.17) is 0 Å². The molecule has 1 aliphatic rings. The summed E-state index contributed by atoms with van der Waals surface area (Å²) in [6.07, 6.45) is 3.98. The fraction of sp³-hybridized carbons (Fsp3) is 0.273. The molecule has 5 heteroatoms. The van der Waals surface area contributed by atoms with Crippen LogP contribution in [0.5, 0.6) is 0 Å². The molecular weight excluding hydrogens is 338 g/mol. The topological polar surface area (TPSA) is 65.2 Å². The Morgan fingerprint density at radius 2 is 1.70 bits per heavy atom. The number of aromatic nitrogens is 1. The van der Waals surface area contributed by atoms with Gasteiger partial charge in [-0.2, -0.15) is 0 Å². The summed E-state index contributed by atoms with van der Waals surface area (Å²) < 4.78 is 0. The summed E-state index contributed by atoms with van der Waals surface area (Å²) in [5, 5.41) is 4.01. The van der Waals surface area contributed by atoms with Crippen LogP contribution in [-0.2, 0) is 12.8 Å². The van der Waals surface area contributed by atoms with Crippen LogP contribution in [0.1, 0.15) is 34.3 Å². The Bertz CT molecular complexity index is 1070. The summed E-state index contributed by atoms with van der Waals surface area (Å²) in [6.45, 7) is 0. The van der Waals surface area contributed by atoms with Crippen molar-refractivity contribution in [3.05, 3.63) is 69.5 Å². The molecule has 1 aromatic heterocycles. The molecule has 1 aliphatic carbocycles. The van der Waals surface area contributed by atoms with E-state index in [-0.39, 0.29) is 11.5 Å². The van der Waals surface area contributed by atoms with Crippen LogP contribution in [0.4, 0.5) is 11.4 Å². The molecule has 0 fully saturated rings. The van der Waals surface area contributed by atoms with Crippen LogP contribution in [0.25, 0.3) is 10.9 Å². The Labute approximate surface area is 158 Å². The minimum absolute atomic E-state index is 0.0000456. The number of fused-ring (bicyclic) bond motifs is 3. The molecule has 0 radical (unpaired) electrons. The van der Waals surface area contributed by atoms with Gasteiger partial charge in [0.2, 0.25) is 0 Å². The molecule has 0 spiro atoms. The van der Waals surface area contributed by atoms with E-state index >= 15 is 0 Å². The largest absolute Gasteiger partial charge is 0.378 e. The van der Waals surface area contributed by atoms with Crippen molar-refractivity contribution in [3.63, 3.8) is 0 Å². The van der Waals surface area contributed by atoms with Gasteiger partial charge in [-0.05, 0) is 67.6 Å². The van der Waals surface area contributed by atoms with Gasteiger partial charge in [-0.25, -0.2) is 0 Å². The van der Waals surface area contributed by atoms with Gasteiger partial charge in [-0.3, -0.25) is 9.59 Å². The molecule has 2 N–H and O–H groups in total. The van der Waals surface area contributed by atoms with Crippen molar-refractivity contribution in [1.29, 1.82) is 0 Å². The van der Waals surface area contributed by atoms with Gasteiger partial charge in [0.05, 0.1) is 5.52 Å². The Morgan fingerprint density at radius 1 is 1.00 bits per heavy atom. The highest BCUT2D eigenvalue weighted by Crippen LogP contribution is 2.27. The first kappa shape index (κ1) is 17.3. The highest BCUT2D eigenvalue weighted by atomic mass is 16.1. The highest BCUT2D eigenvalue weighted by Gasteiger charge is 2.16. The van der Waals surface area contributed by atoms with E-state index < -0.39 is 0 Å². The number of hydrogen-bond acceptors (Lipinski definition) is 3. The highest BCUT2D eigenvalue weighted by molar-refractivity contribution is 6.05. The number of anilines is 2. The molecule has 3 aromatic rings. The van der Waals surface area contributed by atoms with Crippen LogP contribution in [0.2, 0.25) is 0 Å². The first-order chi connectivity index (χ1) is 13.0. The van der Waals surface area contributed by atoms with Gasteiger partial charge >= 0.3 is 0 Å². The van der Waals surface area contributed by atoms with E-state index in [2.05, 4.69) is 10.3 Å². The van der Waals surface area contributed by atoms with Gasteiger partial charge < -0.3 is 15.2 Å². The third-order valence-corrected chi connectivity index (χ3v) is 5.24. The van der Waals surface area contributed by atoms with Crippen molar-refractivity contribution in [2.75, 3.05) is 24.3 Å². The average Bonchev–Trinajstić information content (AvgIpc) is 2.68. The molecule has 0 saturated heterocycles. The average molecular weight is 361 g/mol. The van der Waals surface area contributed by atoms with Crippen molar-refractivity contribution >= 4 is 28.2 Å². The van der Waals surface area contributed by atoms with Gasteiger partial charge in [0.15, 0.2) is 0 Å². The molecular formula is C22H23N3O2. The Balaban J connectivity index is 1.62. The molecule has 5 nitrogen and oxygen atoms in total. The van der Waals surface area contributed by atoms with Gasteiger partial charge in [-0.1, -0.05) is 6.07 Å². The fourth-order valence-corrected chi connectivity index (χ4v) is 3.75. The molecule has 27 heavy (non-hydrogen) atoms. The summed E-state index contributed by atoms with van der Waals surface area (Å²) in [5.41, 5.74) is 5.18. The lowest BCUT2D eigenvalue weighted by atomic mass is 9.90. The molecule has 0 saturated carbocycles. The second kappa shape index (κ2) is 6.91. The predicted molar refractivity (Wildman–Crippen MR) is 110 cm³/mol. The van der Waals surface area contributed by atoms with E-state index in [0.29, 0.717) is 11.3 Å². The zero-order chi connectivity index (χ0) is 19.0. The summed E-state index contributed by atoms with van der Waals surface area (Å²) in [5.74, 6) is -0.167. The van der Waals surface area contributed by atoms with E-state index in [9.17, 15) is 9.59 Å². The van der Waals surface area contributed by atoms with Crippen molar-refractivity contribution in [2.45, 2.75) is 25.7 Å². The van der Waals surface area contributed by atoms with Crippen molar-refractivity contribution in [1.82, 2.24) is 4.98 Å². The number of hydrogen-bond donors (Lipinski definition) is 2. The van der Waals surface area contributed by atoms with Crippen LogP contribution < -0.4 is 15.8 Å². The predicted octanol–water partition coefficient (Wildman–Crippen LogP) is 3.73. The Hall–Kier alpha value is -3.08. The number of H-pyrrole nitrogens is 1. The summed E-state index contributed by atoms with van der Waals surface area (Å²) in [6, 6.07) is 13.2. The lowest BCUT2D eigenvalue weighted by molar-refractivity contribution is 0.102. The number of amides is 1. The molecule has 0 atom stereocenters. The van der Waals surface area contributed by atoms with Crippen LogP contribution in [0.3, 0.4) is 0 Å². The third kappa shape index (κ3) is 3.33. The molecule has 1 heterocycles. The third-order valence-electron chi connectivity index (χ3n) is 5.24. The van der Waals surface area contributed by atoms with Crippen molar-refractivity contribution in [2.24, 2.45) is 0 Å². The smallest absolute Gasteiger partial charge is 0.255 e. The number of nitrogens with zero attached hydrogens (tertiary/aromatic N) is 1. The number of benzene rings is 2. The van der Waals surface area contributed by atoms with E-state index in [1.807, 2.05) is 61.5 Å². The molecule has 2 aromatic carbocycles. The van der Waals surface area contributed by atoms with E-state index in [0.717, 1.165) is 53.4 Å². The summed E-state index contributed by atoms with van der Waals surface area (Å²) in [7, 11) is 3.92. The first-order valence-corrected chi connectivity index (χ1v) is 9.29. The summed E-state index contributed by atoms with van der Waals surface area (Å²) >= 11 is 0. The van der Waals surface area contributed by atoms with Gasteiger partial charge in [0.25, 0.3) is 11.5 Å². The molecule has 0 bridgehead atoms. The molecule has 1 amide bonds. The van der Waals surface area contributed by atoms with Crippen LogP contribution in [-0.4, -0.2) is 25.0 Å². The zero-order valence-corrected chi connectivity index (χ0v) is 15.6. The minimum atomic E-state index is -0.167. The van der Waals surface area contributed by atoms with Gasteiger partial charge in [0, 0.05) is 42.0 Å². The second-order valence-corrected chi connectivity index (χ2v) is 7.27. The number of pyridine rings is 1. The Morgan fingerprint density at radius 3 is 2.41 bits per heavy atom. The monoisotopic (exact) mass is 361 g/mol. The van der Waals surface area contributed by atoms with Gasteiger partial charge in [0.1, 0.15) is 0 Å². The number of aromatic amines is 1. The van der Waals surface area contributed by atoms with E-state index in [1.54, 1.807) is 0 Å². The number of carbonyl (C=O) groups excluding carboxylic acids is 1. The molecule has 0 unspecified atom stereocenters. The fourth-order valence-electron chi connectivity index (χ4n) is 3.75. The van der Waals surface area contributed by atoms with Crippen LogP contribution in [0.15, 0.2) is 47.3 Å². The maximum Gasteiger partial charge on any atom is 0.255 e. The normalized spacial score (nSPS) is 13.3. The first-order valence-electron chi connectivity index (χ1n) is 9.29. The van der Waals surface area contributed by atoms with E-state index in [1.165, 1.54) is 0 Å². The number of aryl methyl sites for hydroxylation is 1. The number of nitrogens with one attached hydrogen (secondary N) is 2.